The molecule has 1 fully saturated rings. The van der Waals surface area contributed by atoms with Crippen molar-refractivity contribution in [2.24, 2.45) is 5.92 Å². The molecule has 0 spiro atoms. The lowest BCUT2D eigenvalue weighted by atomic mass is 9.99. The Morgan fingerprint density at radius 2 is 2.10 bits per heavy atom. The Hall–Kier alpha value is -2.47. The van der Waals surface area contributed by atoms with E-state index in [1.54, 1.807) is 6.07 Å². The Bertz CT molecular complexity index is 657. The first-order valence-electron chi connectivity index (χ1n) is 6.62. The number of carboxylic acid groups (broad SMARTS) is 1. The first kappa shape index (κ1) is 13.5. The molecule has 6 nitrogen and oxygen atoms in total. The minimum Gasteiger partial charge on any atom is -0.481 e. The summed E-state index contributed by atoms with van der Waals surface area (Å²) >= 11 is 0. The summed E-state index contributed by atoms with van der Waals surface area (Å²) in [5.74, 6) is -0.406. The highest BCUT2D eigenvalue weighted by atomic mass is 16.5. The van der Waals surface area contributed by atoms with Crippen molar-refractivity contribution in [2.45, 2.75) is 6.54 Å². The molecule has 1 aromatic carbocycles. The lowest BCUT2D eigenvalue weighted by molar-refractivity contribution is -0.147. The number of carbonyl (C=O) groups is 2. The number of hydrogen-bond donors (Lipinski definition) is 1. The van der Waals surface area contributed by atoms with Crippen LogP contribution in [0.2, 0.25) is 0 Å². The fraction of sp³-hybridized carbons (Fsp3) is 0.267. The molecule has 2 aromatic rings. The van der Waals surface area contributed by atoms with Crippen LogP contribution in [0.15, 0.2) is 34.9 Å². The molecule has 1 aliphatic heterocycles. The third kappa shape index (κ3) is 2.85. The number of carboxylic acids is 1. The Balaban J connectivity index is 1.62. The Labute approximate surface area is 121 Å². The highest BCUT2D eigenvalue weighted by Gasteiger charge is 2.32. The lowest BCUT2D eigenvalue weighted by Crippen LogP contribution is -2.49. The van der Waals surface area contributed by atoms with Crippen molar-refractivity contribution in [1.82, 2.24) is 10.1 Å². The number of carbonyl (C=O) groups excluding carboxylic acids is 1. The SMILES string of the molecule is O=Cc1cc(-c2ccc(CN3CC(C(=O)O)C3)cc2)on1. The van der Waals surface area contributed by atoms with E-state index in [-0.39, 0.29) is 11.6 Å². The molecule has 1 N–H and O–H groups in total. The van der Waals surface area contributed by atoms with Gasteiger partial charge in [0.2, 0.25) is 0 Å². The van der Waals surface area contributed by atoms with E-state index < -0.39 is 5.97 Å². The maximum absolute atomic E-state index is 10.7. The maximum Gasteiger partial charge on any atom is 0.309 e. The maximum atomic E-state index is 10.7. The van der Waals surface area contributed by atoms with Crippen molar-refractivity contribution < 1.29 is 19.2 Å². The first-order chi connectivity index (χ1) is 10.2. The molecule has 0 saturated carbocycles. The molecule has 6 heteroatoms. The Kier molecular flexibility index (Phi) is 3.53. The normalized spacial score (nSPS) is 15.6. The van der Waals surface area contributed by atoms with Crippen LogP contribution in [0.4, 0.5) is 0 Å². The Morgan fingerprint density at radius 1 is 1.38 bits per heavy atom. The van der Waals surface area contributed by atoms with Gasteiger partial charge in [-0.25, -0.2) is 0 Å². The van der Waals surface area contributed by atoms with E-state index in [0.717, 1.165) is 17.7 Å². The quantitative estimate of drug-likeness (QED) is 0.842. The molecule has 0 aliphatic carbocycles. The minimum absolute atomic E-state index is 0.236. The smallest absolute Gasteiger partial charge is 0.309 e. The van der Waals surface area contributed by atoms with Gasteiger partial charge in [0.15, 0.2) is 12.0 Å². The zero-order chi connectivity index (χ0) is 14.8. The fourth-order valence-corrected chi connectivity index (χ4v) is 2.37. The fourth-order valence-electron chi connectivity index (χ4n) is 2.37. The summed E-state index contributed by atoms with van der Waals surface area (Å²) in [5.41, 5.74) is 2.23. The molecule has 21 heavy (non-hydrogen) atoms. The number of aldehydes is 1. The molecule has 0 amide bonds. The molecule has 0 unspecified atom stereocenters. The number of aliphatic carboxylic acids is 1. The van der Waals surface area contributed by atoms with Crippen LogP contribution in [0, 0.1) is 5.92 Å². The van der Waals surface area contributed by atoms with Gasteiger partial charge in [0.05, 0.1) is 5.92 Å². The van der Waals surface area contributed by atoms with E-state index in [9.17, 15) is 9.59 Å². The van der Waals surface area contributed by atoms with E-state index in [4.69, 9.17) is 9.63 Å². The van der Waals surface area contributed by atoms with Gasteiger partial charge >= 0.3 is 5.97 Å². The molecule has 0 atom stereocenters. The van der Waals surface area contributed by atoms with Crippen molar-refractivity contribution in [3.63, 3.8) is 0 Å². The molecule has 2 heterocycles. The molecule has 0 radical (unpaired) electrons. The second kappa shape index (κ2) is 5.49. The average Bonchev–Trinajstić information content (AvgIpc) is 2.91. The molecule has 1 aromatic heterocycles. The molecular formula is C15H14N2O4. The number of aromatic nitrogens is 1. The summed E-state index contributed by atoms with van der Waals surface area (Å²) in [4.78, 5) is 23.4. The molecule has 108 valence electrons. The standard InChI is InChI=1S/C15H14N2O4/c18-9-13-5-14(21-16-13)11-3-1-10(2-4-11)6-17-7-12(8-17)15(19)20/h1-5,9,12H,6-8H2,(H,19,20). The summed E-state index contributed by atoms with van der Waals surface area (Å²) in [6, 6.07) is 9.33. The number of nitrogens with zero attached hydrogens (tertiary/aromatic N) is 2. The van der Waals surface area contributed by atoms with E-state index in [1.165, 1.54) is 0 Å². The molecule has 0 bridgehead atoms. The predicted octanol–water partition coefficient (Wildman–Crippen LogP) is 1.67. The van der Waals surface area contributed by atoms with Crippen LogP contribution < -0.4 is 0 Å². The third-order valence-electron chi connectivity index (χ3n) is 3.60. The Morgan fingerprint density at radius 3 is 2.67 bits per heavy atom. The lowest BCUT2D eigenvalue weighted by Gasteiger charge is -2.36. The number of rotatable bonds is 5. The topological polar surface area (TPSA) is 83.6 Å². The van der Waals surface area contributed by atoms with E-state index in [1.807, 2.05) is 24.3 Å². The van der Waals surface area contributed by atoms with Crippen molar-refractivity contribution >= 4 is 12.3 Å². The van der Waals surface area contributed by atoms with Gasteiger partial charge in [0.25, 0.3) is 0 Å². The predicted molar refractivity (Wildman–Crippen MR) is 73.7 cm³/mol. The van der Waals surface area contributed by atoms with Crippen LogP contribution >= 0.6 is 0 Å². The van der Waals surface area contributed by atoms with Gasteiger partial charge in [-0.05, 0) is 5.56 Å². The second-order valence-electron chi connectivity index (χ2n) is 5.16. The first-order valence-corrected chi connectivity index (χ1v) is 6.62. The highest BCUT2D eigenvalue weighted by molar-refractivity contribution is 5.74. The number of likely N-dealkylation sites (tertiary alicyclic amines) is 1. The van der Waals surface area contributed by atoms with Crippen LogP contribution in [0.25, 0.3) is 11.3 Å². The highest BCUT2D eigenvalue weighted by Crippen LogP contribution is 2.23. The monoisotopic (exact) mass is 286 g/mol. The summed E-state index contributed by atoms with van der Waals surface area (Å²) in [6.07, 6.45) is 0.643. The van der Waals surface area contributed by atoms with Crippen LogP contribution in [-0.2, 0) is 11.3 Å². The molecular weight excluding hydrogens is 272 g/mol. The summed E-state index contributed by atoms with van der Waals surface area (Å²) < 4.78 is 5.08. The third-order valence-corrected chi connectivity index (χ3v) is 3.60. The molecule has 3 rings (SSSR count). The van der Waals surface area contributed by atoms with E-state index >= 15 is 0 Å². The van der Waals surface area contributed by atoms with Crippen molar-refractivity contribution in [2.75, 3.05) is 13.1 Å². The van der Waals surface area contributed by atoms with Gasteiger partial charge in [-0.3, -0.25) is 14.5 Å². The number of hydrogen-bond acceptors (Lipinski definition) is 5. The number of benzene rings is 1. The van der Waals surface area contributed by atoms with Crippen molar-refractivity contribution in [3.05, 3.63) is 41.6 Å². The summed E-state index contributed by atoms with van der Waals surface area (Å²) in [7, 11) is 0. The largest absolute Gasteiger partial charge is 0.481 e. The van der Waals surface area contributed by atoms with Gasteiger partial charge in [0, 0.05) is 31.3 Å². The van der Waals surface area contributed by atoms with Crippen LogP contribution in [0.1, 0.15) is 16.1 Å². The molecule has 1 aliphatic rings. The van der Waals surface area contributed by atoms with Crippen molar-refractivity contribution in [1.29, 1.82) is 0 Å². The zero-order valence-corrected chi connectivity index (χ0v) is 11.2. The molecule has 1 saturated heterocycles. The zero-order valence-electron chi connectivity index (χ0n) is 11.2. The van der Waals surface area contributed by atoms with Gasteiger partial charge in [-0.2, -0.15) is 0 Å². The van der Waals surface area contributed by atoms with Gasteiger partial charge in [0.1, 0.15) is 5.69 Å². The van der Waals surface area contributed by atoms with Crippen molar-refractivity contribution in [3.8, 4) is 11.3 Å². The second-order valence-corrected chi connectivity index (χ2v) is 5.16. The van der Waals surface area contributed by atoms with E-state index in [0.29, 0.717) is 25.1 Å². The van der Waals surface area contributed by atoms with E-state index in [2.05, 4.69) is 10.1 Å². The van der Waals surface area contributed by atoms with Gasteiger partial charge in [-0.15, -0.1) is 0 Å². The van der Waals surface area contributed by atoms with Crippen LogP contribution in [-0.4, -0.2) is 40.5 Å². The summed E-state index contributed by atoms with van der Waals surface area (Å²) in [5, 5.41) is 12.5. The van der Waals surface area contributed by atoms with Crippen LogP contribution in [0.3, 0.4) is 0 Å². The summed E-state index contributed by atoms with van der Waals surface area (Å²) in [6.45, 7) is 1.93. The van der Waals surface area contributed by atoms with Crippen LogP contribution in [0.5, 0.6) is 0 Å². The van der Waals surface area contributed by atoms with Gasteiger partial charge < -0.3 is 9.63 Å². The minimum atomic E-state index is -0.724. The average molecular weight is 286 g/mol. The van der Waals surface area contributed by atoms with Gasteiger partial charge in [-0.1, -0.05) is 29.4 Å².